The van der Waals surface area contributed by atoms with Crippen LogP contribution >= 0.6 is 0 Å². The van der Waals surface area contributed by atoms with Gasteiger partial charge in [-0.25, -0.2) is 0 Å². The molecular formula is C14H21NO. The molecule has 0 saturated carbocycles. The predicted molar refractivity (Wildman–Crippen MR) is 67.7 cm³/mol. The van der Waals surface area contributed by atoms with Gasteiger partial charge in [0.25, 0.3) is 0 Å². The third-order valence-electron chi connectivity index (χ3n) is 2.65. The van der Waals surface area contributed by atoms with Crippen molar-refractivity contribution in [3.05, 3.63) is 35.9 Å². The number of nitrogens with zero attached hydrogens (tertiary/aromatic N) is 1. The molecular weight excluding hydrogens is 198 g/mol. The minimum absolute atomic E-state index is 0.127. The highest BCUT2D eigenvalue weighted by molar-refractivity contribution is 5.97. The topological polar surface area (TPSA) is 20.3 Å². The minimum Gasteiger partial charge on any atom is -0.309 e. The van der Waals surface area contributed by atoms with Crippen LogP contribution in [0.5, 0.6) is 0 Å². The molecule has 1 rings (SSSR count). The average Bonchev–Trinajstić information content (AvgIpc) is 2.28. The molecule has 1 aromatic carbocycles. The summed E-state index contributed by atoms with van der Waals surface area (Å²) < 4.78 is 0. The van der Waals surface area contributed by atoms with E-state index in [4.69, 9.17) is 0 Å². The first-order valence-electron chi connectivity index (χ1n) is 5.89. The second-order valence-corrected chi connectivity index (χ2v) is 4.48. The monoisotopic (exact) mass is 219 g/mol. The van der Waals surface area contributed by atoms with E-state index in [1.165, 1.54) is 0 Å². The number of Topliss-reactive ketones (excluding diaryl/α,β-unsaturated/α-hetero) is 1. The largest absolute Gasteiger partial charge is 0.309 e. The molecule has 0 unspecified atom stereocenters. The van der Waals surface area contributed by atoms with Crippen LogP contribution in [0.4, 0.5) is 0 Å². The summed E-state index contributed by atoms with van der Waals surface area (Å²) in [5.41, 5.74) is 0.836. The maximum Gasteiger partial charge on any atom is 0.167 e. The number of benzene rings is 1. The van der Waals surface area contributed by atoms with E-state index in [9.17, 15) is 4.79 Å². The molecule has 2 heteroatoms. The van der Waals surface area contributed by atoms with E-state index in [2.05, 4.69) is 11.8 Å². The van der Waals surface area contributed by atoms with Gasteiger partial charge in [0, 0.05) is 18.0 Å². The summed E-state index contributed by atoms with van der Waals surface area (Å²) in [6.07, 6.45) is 2.02. The zero-order chi connectivity index (χ0) is 12.0. The van der Waals surface area contributed by atoms with E-state index in [0.717, 1.165) is 24.9 Å². The molecule has 1 aromatic rings. The second kappa shape index (κ2) is 6.44. The molecule has 0 fully saturated rings. The molecule has 0 aliphatic carbocycles. The summed E-state index contributed by atoms with van der Waals surface area (Å²) in [4.78, 5) is 14.3. The predicted octanol–water partition coefficient (Wildman–Crippen LogP) is 2.85. The van der Waals surface area contributed by atoms with Gasteiger partial charge in [0.2, 0.25) is 0 Å². The molecule has 0 amide bonds. The minimum atomic E-state index is 0.127. The third kappa shape index (κ3) is 3.78. The van der Waals surface area contributed by atoms with Crippen molar-refractivity contribution in [3.63, 3.8) is 0 Å². The molecule has 1 atom stereocenters. The van der Waals surface area contributed by atoms with Crippen LogP contribution in [-0.4, -0.2) is 31.3 Å². The lowest BCUT2D eigenvalue weighted by atomic mass is 9.93. The van der Waals surface area contributed by atoms with E-state index in [-0.39, 0.29) is 11.7 Å². The van der Waals surface area contributed by atoms with E-state index in [0.29, 0.717) is 0 Å². The molecule has 0 radical (unpaired) electrons. The fourth-order valence-electron chi connectivity index (χ4n) is 1.93. The highest BCUT2D eigenvalue weighted by atomic mass is 16.1. The highest BCUT2D eigenvalue weighted by Gasteiger charge is 2.19. The SMILES string of the molecule is CCC[C@@H](CN(C)C)C(=O)c1ccccc1. The van der Waals surface area contributed by atoms with Crippen molar-refractivity contribution in [1.82, 2.24) is 4.90 Å². The Kier molecular flexibility index (Phi) is 5.20. The molecule has 0 heterocycles. The Labute approximate surface area is 98.3 Å². The van der Waals surface area contributed by atoms with Crippen LogP contribution in [0.2, 0.25) is 0 Å². The van der Waals surface area contributed by atoms with Crippen molar-refractivity contribution in [2.45, 2.75) is 19.8 Å². The van der Waals surface area contributed by atoms with E-state index < -0.39 is 0 Å². The van der Waals surface area contributed by atoms with Crippen LogP contribution < -0.4 is 0 Å². The number of carbonyl (C=O) groups excluding carboxylic acids is 1. The van der Waals surface area contributed by atoms with Crippen molar-refractivity contribution in [3.8, 4) is 0 Å². The van der Waals surface area contributed by atoms with Gasteiger partial charge in [-0.1, -0.05) is 43.7 Å². The van der Waals surface area contributed by atoms with Crippen molar-refractivity contribution in [2.24, 2.45) is 5.92 Å². The lowest BCUT2D eigenvalue weighted by molar-refractivity contribution is 0.0889. The van der Waals surface area contributed by atoms with Crippen molar-refractivity contribution in [2.75, 3.05) is 20.6 Å². The summed E-state index contributed by atoms with van der Waals surface area (Å²) in [5.74, 6) is 0.401. The van der Waals surface area contributed by atoms with Gasteiger partial charge >= 0.3 is 0 Å². The lowest BCUT2D eigenvalue weighted by Crippen LogP contribution is -2.27. The van der Waals surface area contributed by atoms with Gasteiger partial charge in [0.05, 0.1) is 0 Å². The van der Waals surface area contributed by atoms with Crippen molar-refractivity contribution < 1.29 is 4.79 Å². The quantitative estimate of drug-likeness (QED) is 0.686. The van der Waals surface area contributed by atoms with Gasteiger partial charge in [-0.3, -0.25) is 4.79 Å². The van der Waals surface area contributed by atoms with Gasteiger partial charge < -0.3 is 4.90 Å². The third-order valence-corrected chi connectivity index (χ3v) is 2.65. The Morgan fingerprint density at radius 2 is 1.88 bits per heavy atom. The molecule has 88 valence electrons. The zero-order valence-electron chi connectivity index (χ0n) is 10.4. The molecule has 0 N–H and O–H groups in total. The molecule has 16 heavy (non-hydrogen) atoms. The summed E-state index contributed by atoms with van der Waals surface area (Å²) in [7, 11) is 4.03. The first-order valence-corrected chi connectivity index (χ1v) is 5.89. The van der Waals surface area contributed by atoms with Crippen LogP contribution in [0, 0.1) is 5.92 Å². The van der Waals surface area contributed by atoms with Crippen molar-refractivity contribution >= 4 is 5.78 Å². The molecule has 0 aliphatic heterocycles. The summed E-state index contributed by atoms with van der Waals surface area (Å²) in [6, 6.07) is 9.59. The zero-order valence-corrected chi connectivity index (χ0v) is 10.4. The van der Waals surface area contributed by atoms with E-state index in [1.807, 2.05) is 44.4 Å². The first-order chi connectivity index (χ1) is 7.65. The smallest absolute Gasteiger partial charge is 0.167 e. The molecule has 0 saturated heterocycles. The Morgan fingerprint density at radius 3 is 2.38 bits per heavy atom. The number of rotatable bonds is 6. The summed E-state index contributed by atoms with van der Waals surface area (Å²) in [6.45, 7) is 2.96. The number of hydrogen-bond donors (Lipinski definition) is 0. The van der Waals surface area contributed by atoms with Crippen LogP contribution in [0.1, 0.15) is 30.1 Å². The number of hydrogen-bond acceptors (Lipinski definition) is 2. The highest BCUT2D eigenvalue weighted by Crippen LogP contribution is 2.15. The average molecular weight is 219 g/mol. The Hall–Kier alpha value is -1.15. The first kappa shape index (κ1) is 12.9. The Bertz CT molecular complexity index is 319. The van der Waals surface area contributed by atoms with Crippen LogP contribution in [0.15, 0.2) is 30.3 Å². The fourth-order valence-corrected chi connectivity index (χ4v) is 1.93. The Balaban J connectivity index is 2.74. The van der Waals surface area contributed by atoms with Crippen LogP contribution in [-0.2, 0) is 0 Å². The number of ketones is 1. The maximum atomic E-state index is 12.2. The van der Waals surface area contributed by atoms with Crippen LogP contribution in [0.3, 0.4) is 0 Å². The summed E-state index contributed by atoms with van der Waals surface area (Å²) in [5, 5.41) is 0. The van der Waals surface area contributed by atoms with Gasteiger partial charge in [-0.05, 0) is 20.5 Å². The van der Waals surface area contributed by atoms with Gasteiger partial charge in [0.15, 0.2) is 5.78 Å². The van der Waals surface area contributed by atoms with Crippen molar-refractivity contribution in [1.29, 1.82) is 0 Å². The van der Waals surface area contributed by atoms with Crippen LogP contribution in [0.25, 0.3) is 0 Å². The van der Waals surface area contributed by atoms with Gasteiger partial charge in [-0.2, -0.15) is 0 Å². The molecule has 0 bridgehead atoms. The normalized spacial score (nSPS) is 12.8. The summed E-state index contributed by atoms with van der Waals surface area (Å²) >= 11 is 0. The van der Waals surface area contributed by atoms with E-state index in [1.54, 1.807) is 0 Å². The van der Waals surface area contributed by atoms with Gasteiger partial charge in [0.1, 0.15) is 0 Å². The number of carbonyl (C=O) groups is 1. The van der Waals surface area contributed by atoms with Gasteiger partial charge in [-0.15, -0.1) is 0 Å². The second-order valence-electron chi connectivity index (χ2n) is 4.48. The molecule has 0 aromatic heterocycles. The fraction of sp³-hybridized carbons (Fsp3) is 0.500. The lowest BCUT2D eigenvalue weighted by Gasteiger charge is -2.19. The molecule has 0 aliphatic rings. The standard InChI is InChI=1S/C14H21NO/c1-4-8-13(11-15(2)3)14(16)12-9-6-5-7-10-12/h5-7,9-10,13H,4,8,11H2,1-3H3/t13-/m0/s1. The van der Waals surface area contributed by atoms with E-state index >= 15 is 0 Å². The Morgan fingerprint density at radius 1 is 1.25 bits per heavy atom. The molecule has 0 spiro atoms. The molecule has 2 nitrogen and oxygen atoms in total. The maximum absolute atomic E-state index is 12.2.